The fraction of sp³-hybridized carbons (Fsp3) is 0.222. The molecule has 8 rings (SSSR count). The number of pyridine rings is 1. The normalized spacial score (nSPS) is 15.2. The van der Waals surface area contributed by atoms with E-state index in [9.17, 15) is 5.11 Å². The second-order valence-corrected chi connectivity index (χ2v) is 17.1. The van der Waals surface area contributed by atoms with Crippen molar-refractivity contribution in [3.63, 3.8) is 0 Å². The number of nitrogens with zero attached hydrogens (tertiary/aromatic N) is 3. The number of aromatic hydroxyl groups is 1. The van der Waals surface area contributed by atoms with Crippen LogP contribution in [0.1, 0.15) is 91.1 Å². The maximum Gasteiger partial charge on any atom is 0.149 e. The highest BCUT2D eigenvalue weighted by molar-refractivity contribution is 5.97. The van der Waals surface area contributed by atoms with E-state index in [-0.39, 0.29) is 22.2 Å². The van der Waals surface area contributed by atoms with E-state index in [1.165, 1.54) is 12.1 Å². The van der Waals surface area contributed by atoms with E-state index >= 15 is 0 Å². The van der Waals surface area contributed by atoms with E-state index in [1.807, 2.05) is 83.6 Å². The number of hydrogen-bond acceptors (Lipinski definition) is 3. The number of para-hydroxylation sites is 2. The molecule has 2 heterocycles. The summed E-state index contributed by atoms with van der Waals surface area (Å²) >= 11 is 0. The molecular formula is C54H53N3O. The maximum absolute atomic E-state index is 12.4. The molecule has 290 valence electrons. The second kappa shape index (κ2) is 14.6. The molecule has 2 aromatic heterocycles. The number of fused-ring (bicyclic) bond motifs is 1. The van der Waals surface area contributed by atoms with Gasteiger partial charge in [0.05, 0.1) is 22.3 Å². The molecule has 4 heteroatoms. The first-order valence-electron chi connectivity index (χ1n) is 24.1. The monoisotopic (exact) mass is 768 g/mol. The quantitative estimate of drug-likeness (QED) is 0.183. The van der Waals surface area contributed by atoms with Crippen LogP contribution in [0, 0.1) is 0 Å². The average molecular weight is 769 g/mol. The zero-order valence-corrected chi connectivity index (χ0v) is 33.7. The summed E-state index contributed by atoms with van der Waals surface area (Å²) in [5.41, 5.74) is 6.38. The molecular weight excluding hydrogens is 707 g/mol. The first-order chi connectivity index (χ1) is 31.3. The van der Waals surface area contributed by atoms with Crippen molar-refractivity contribution in [1.82, 2.24) is 14.5 Å². The molecule has 0 amide bonds. The van der Waals surface area contributed by atoms with Crippen LogP contribution in [-0.4, -0.2) is 19.6 Å². The van der Waals surface area contributed by atoms with Crippen molar-refractivity contribution in [1.29, 1.82) is 0 Å². The lowest BCUT2D eigenvalue weighted by atomic mass is 9.81. The van der Waals surface area contributed by atoms with Crippen LogP contribution in [0.2, 0.25) is 0 Å². The maximum atomic E-state index is 12.4. The number of hydrogen-bond donors (Lipinski definition) is 1. The highest BCUT2D eigenvalue weighted by atomic mass is 16.3. The minimum Gasteiger partial charge on any atom is -0.507 e. The highest BCUT2D eigenvalue weighted by Gasteiger charge is 2.27. The van der Waals surface area contributed by atoms with Crippen LogP contribution >= 0.6 is 0 Å². The fourth-order valence-electron chi connectivity index (χ4n) is 7.72. The Morgan fingerprint density at radius 1 is 0.517 bits per heavy atom. The smallest absolute Gasteiger partial charge is 0.149 e. The lowest BCUT2D eigenvalue weighted by Gasteiger charge is -2.25. The van der Waals surface area contributed by atoms with Gasteiger partial charge in [0.25, 0.3) is 0 Å². The Morgan fingerprint density at radius 3 is 1.88 bits per heavy atom. The molecule has 8 aromatic rings. The molecule has 0 saturated carbocycles. The van der Waals surface area contributed by atoms with Crippen molar-refractivity contribution in [2.24, 2.45) is 0 Å². The Hall–Kier alpha value is -6.26. The molecule has 4 nitrogen and oxygen atoms in total. The molecule has 0 atom stereocenters. The molecule has 1 N–H and O–H groups in total. The van der Waals surface area contributed by atoms with E-state index in [0.717, 1.165) is 61.8 Å². The van der Waals surface area contributed by atoms with Crippen molar-refractivity contribution in [3.05, 3.63) is 168 Å². The van der Waals surface area contributed by atoms with Gasteiger partial charge in [-0.2, -0.15) is 0 Å². The molecule has 0 bridgehead atoms. The van der Waals surface area contributed by atoms with Crippen molar-refractivity contribution < 1.29 is 17.4 Å². The lowest BCUT2D eigenvalue weighted by Crippen LogP contribution is -2.14. The topological polar surface area (TPSA) is 50.9 Å². The number of phenolic OH excluding ortho intramolecular Hbond substituents is 1. The van der Waals surface area contributed by atoms with E-state index < -0.39 is 37.3 Å². The number of benzene rings is 6. The van der Waals surface area contributed by atoms with Gasteiger partial charge in [0, 0.05) is 35.3 Å². The van der Waals surface area contributed by atoms with Gasteiger partial charge in [0.15, 0.2) is 0 Å². The Labute approximate surface area is 356 Å². The minimum absolute atomic E-state index is 0.0442. The molecule has 0 aliphatic carbocycles. The summed E-state index contributed by atoms with van der Waals surface area (Å²) in [5, 5.41) is 12.4. The number of aromatic nitrogens is 3. The summed E-state index contributed by atoms with van der Waals surface area (Å²) < 4.78 is 78.3. The minimum atomic E-state index is -3.60. The largest absolute Gasteiger partial charge is 0.507 e. The van der Waals surface area contributed by atoms with Crippen molar-refractivity contribution in [3.8, 4) is 67.5 Å². The SMILES string of the molecule is [2H]C([2H])([2H])C(c1cccc(-c2nc3c(-c4cc(-c5cc(-c6ccccc6)ccn5)cc(C(C)(C)C)c4)cccc3n2-c2ccc(-c3ccccc3)c(C(C)(C)C)c2)c1O)(C([2H])([2H])[2H])C([2H])([2H])[2H]. The Morgan fingerprint density at radius 2 is 1.19 bits per heavy atom. The van der Waals surface area contributed by atoms with Gasteiger partial charge in [-0.25, -0.2) is 4.98 Å². The molecule has 0 aliphatic heterocycles. The van der Waals surface area contributed by atoms with Crippen LogP contribution in [0.3, 0.4) is 0 Å². The summed E-state index contributed by atoms with van der Waals surface area (Å²) in [6, 6.07) is 46.5. The van der Waals surface area contributed by atoms with Gasteiger partial charge in [-0.05, 0) is 109 Å². The van der Waals surface area contributed by atoms with Crippen molar-refractivity contribution >= 4 is 11.0 Å². The van der Waals surface area contributed by atoms with Gasteiger partial charge in [0.2, 0.25) is 0 Å². The molecule has 0 unspecified atom stereocenters. The van der Waals surface area contributed by atoms with E-state index in [1.54, 1.807) is 0 Å². The predicted molar refractivity (Wildman–Crippen MR) is 244 cm³/mol. The molecule has 0 saturated heterocycles. The lowest BCUT2D eigenvalue weighted by molar-refractivity contribution is 0.448. The Bertz CT molecular complexity index is 3080. The fourth-order valence-corrected chi connectivity index (χ4v) is 7.72. The zero-order valence-electron chi connectivity index (χ0n) is 42.7. The number of imidazole rings is 1. The molecule has 0 radical (unpaired) electrons. The summed E-state index contributed by atoms with van der Waals surface area (Å²) in [5.74, 6) is -0.656. The van der Waals surface area contributed by atoms with Crippen LogP contribution in [0.5, 0.6) is 5.75 Å². The third-order valence-corrected chi connectivity index (χ3v) is 10.8. The summed E-state index contributed by atoms with van der Waals surface area (Å²) in [4.78, 5) is 10.1. The summed E-state index contributed by atoms with van der Waals surface area (Å²) in [6.07, 6.45) is 1.81. The first-order valence-corrected chi connectivity index (χ1v) is 19.6. The second-order valence-electron chi connectivity index (χ2n) is 17.1. The van der Waals surface area contributed by atoms with Crippen LogP contribution in [0.25, 0.3) is 72.7 Å². The van der Waals surface area contributed by atoms with Crippen molar-refractivity contribution in [2.75, 3.05) is 0 Å². The molecule has 6 aromatic carbocycles. The van der Waals surface area contributed by atoms with Gasteiger partial charge < -0.3 is 5.11 Å². The summed E-state index contributed by atoms with van der Waals surface area (Å²) in [6.45, 7) is 2.01. The van der Waals surface area contributed by atoms with Crippen LogP contribution < -0.4 is 0 Å². The third kappa shape index (κ3) is 7.36. The highest BCUT2D eigenvalue weighted by Crippen LogP contribution is 2.44. The van der Waals surface area contributed by atoms with Crippen LogP contribution in [0.4, 0.5) is 0 Å². The van der Waals surface area contributed by atoms with Gasteiger partial charge >= 0.3 is 0 Å². The van der Waals surface area contributed by atoms with E-state index in [4.69, 9.17) is 22.3 Å². The third-order valence-electron chi connectivity index (χ3n) is 10.8. The van der Waals surface area contributed by atoms with E-state index in [2.05, 4.69) is 96.1 Å². The first kappa shape index (κ1) is 29.0. The summed E-state index contributed by atoms with van der Waals surface area (Å²) in [7, 11) is 0. The van der Waals surface area contributed by atoms with E-state index in [0.29, 0.717) is 16.7 Å². The Kier molecular flexibility index (Phi) is 7.31. The molecule has 0 aliphatic rings. The molecule has 58 heavy (non-hydrogen) atoms. The molecule has 0 fully saturated rings. The van der Waals surface area contributed by atoms with Gasteiger partial charge in [-0.1, -0.05) is 159 Å². The average Bonchev–Trinajstić information content (AvgIpc) is 3.65. The molecule has 0 spiro atoms. The van der Waals surface area contributed by atoms with Crippen LogP contribution in [-0.2, 0) is 16.2 Å². The van der Waals surface area contributed by atoms with Gasteiger partial charge in [-0.3, -0.25) is 9.55 Å². The Balaban J connectivity index is 1.45. The van der Waals surface area contributed by atoms with Crippen molar-refractivity contribution in [2.45, 2.75) is 78.3 Å². The standard InChI is InChI=1S/C54H53N3O/c1-52(2,3)40-31-38(30-39(32-40)47-33-37(28-29-55-47)35-18-12-10-13-19-35)43-22-17-25-48-49(43)56-51(44-23-16-24-45(50(44)58)53(4,5)6)57(48)41-26-27-42(36-20-14-11-15-21-36)46(34-41)54(7,8)9/h10-34,58H,1-9H3/i4D3,5D3,6D3. The van der Waals surface area contributed by atoms with Gasteiger partial charge in [-0.15, -0.1) is 0 Å². The van der Waals surface area contributed by atoms with Crippen LogP contribution in [0.15, 0.2) is 152 Å². The predicted octanol–water partition coefficient (Wildman–Crippen LogP) is 14.4. The van der Waals surface area contributed by atoms with Gasteiger partial charge in [0.1, 0.15) is 11.6 Å². The number of rotatable bonds is 6. The zero-order chi connectivity index (χ0) is 48.5. The number of phenols is 1.